The van der Waals surface area contributed by atoms with Crippen molar-refractivity contribution in [2.45, 2.75) is 51.2 Å². The number of thiol groups is 3. The summed E-state index contributed by atoms with van der Waals surface area (Å²) in [6.45, 7) is 7.78. The lowest BCUT2D eigenvalue weighted by Gasteiger charge is -2.37. The van der Waals surface area contributed by atoms with Crippen molar-refractivity contribution in [2.24, 2.45) is 11.7 Å². The number of amides is 4. The molecular weight excluding hydrogens is 408 g/mol. The Kier molecular flexibility index (Phi) is 9.53. The number of hydrogen-bond donors (Lipinski definition) is 7. The van der Waals surface area contributed by atoms with Gasteiger partial charge in [-0.05, 0) is 20.8 Å². The van der Waals surface area contributed by atoms with Crippen molar-refractivity contribution >= 4 is 61.5 Å². The molecule has 27 heavy (non-hydrogen) atoms. The Labute approximate surface area is 176 Å². The zero-order valence-electron chi connectivity index (χ0n) is 16.3. The smallest absolute Gasteiger partial charge is 0.247 e. The highest BCUT2D eigenvalue weighted by atomic mass is 32.1. The zero-order valence-corrected chi connectivity index (χ0v) is 18.9. The van der Waals surface area contributed by atoms with Crippen LogP contribution in [0.4, 0.5) is 0 Å². The van der Waals surface area contributed by atoms with E-state index in [1.54, 1.807) is 13.8 Å². The molecule has 0 aromatic carbocycles. The van der Waals surface area contributed by atoms with Crippen LogP contribution in [0.25, 0.3) is 0 Å². The summed E-state index contributed by atoms with van der Waals surface area (Å²) in [5, 5.41) is 7.74. The molecule has 0 aliphatic rings. The van der Waals surface area contributed by atoms with Gasteiger partial charge in [0, 0.05) is 23.2 Å². The van der Waals surface area contributed by atoms with Crippen molar-refractivity contribution < 1.29 is 19.2 Å². The van der Waals surface area contributed by atoms with E-state index in [0.717, 1.165) is 0 Å². The van der Waals surface area contributed by atoms with Crippen molar-refractivity contribution in [3.05, 3.63) is 0 Å². The molecule has 0 radical (unpaired) electrons. The van der Waals surface area contributed by atoms with Gasteiger partial charge in [0.1, 0.15) is 16.6 Å². The molecule has 0 saturated heterocycles. The zero-order chi connectivity index (χ0) is 21.6. The molecule has 8 nitrogen and oxygen atoms in total. The van der Waals surface area contributed by atoms with E-state index in [1.165, 1.54) is 20.8 Å². The van der Waals surface area contributed by atoms with Crippen molar-refractivity contribution in [1.29, 1.82) is 0 Å². The van der Waals surface area contributed by atoms with Crippen molar-refractivity contribution in [1.82, 2.24) is 16.0 Å². The molecule has 0 fully saturated rings. The van der Waals surface area contributed by atoms with Gasteiger partial charge in [-0.2, -0.15) is 37.9 Å². The van der Waals surface area contributed by atoms with Crippen molar-refractivity contribution in [2.75, 3.05) is 17.3 Å². The molecular formula is C16H30N4O4S3. The third-order valence-corrected chi connectivity index (χ3v) is 6.09. The van der Waals surface area contributed by atoms with Crippen LogP contribution < -0.4 is 21.7 Å². The first-order valence-electron chi connectivity index (χ1n) is 8.31. The first-order chi connectivity index (χ1) is 12.2. The molecule has 0 spiro atoms. The van der Waals surface area contributed by atoms with Gasteiger partial charge < -0.3 is 21.7 Å². The average molecular weight is 439 g/mol. The summed E-state index contributed by atoms with van der Waals surface area (Å²) in [6.07, 6.45) is 0. The van der Waals surface area contributed by atoms with Gasteiger partial charge >= 0.3 is 0 Å². The van der Waals surface area contributed by atoms with Gasteiger partial charge in [-0.3, -0.25) is 19.2 Å². The number of nitrogens with two attached hydrogens (primary N) is 1. The quantitative estimate of drug-likeness (QED) is 0.233. The molecule has 11 heteroatoms. The maximum Gasteiger partial charge on any atom is 0.247 e. The summed E-state index contributed by atoms with van der Waals surface area (Å²) in [5.41, 5.74) is 1.12. The molecule has 0 unspecified atom stereocenters. The minimum atomic E-state index is -1.47. The summed E-state index contributed by atoms with van der Waals surface area (Å²) < 4.78 is 0. The average Bonchev–Trinajstić information content (AvgIpc) is 2.60. The highest BCUT2D eigenvalue weighted by Crippen LogP contribution is 2.16. The summed E-state index contributed by atoms with van der Waals surface area (Å²) >= 11 is 12.4. The van der Waals surface area contributed by atoms with Gasteiger partial charge in [-0.1, -0.05) is 13.8 Å². The molecule has 5 N–H and O–H groups in total. The topological polar surface area (TPSA) is 130 Å². The van der Waals surface area contributed by atoms with Gasteiger partial charge in [-0.25, -0.2) is 0 Å². The summed E-state index contributed by atoms with van der Waals surface area (Å²) in [7, 11) is 0. The molecule has 0 rings (SSSR count). The maximum atomic E-state index is 12.8. The largest absolute Gasteiger partial charge is 0.368 e. The Balaban J connectivity index is 5.52. The minimum Gasteiger partial charge on any atom is -0.368 e. The molecule has 0 aromatic rings. The summed E-state index contributed by atoms with van der Waals surface area (Å²) in [6, 6.07) is 0. The van der Waals surface area contributed by atoms with Crippen LogP contribution in [0, 0.1) is 5.92 Å². The number of carbonyl (C=O) groups is 4. The molecule has 0 aromatic heterocycles. The lowest BCUT2D eigenvalue weighted by atomic mass is 9.96. The minimum absolute atomic E-state index is 0.0111. The Morgan fingerprint density at radius 2 is 1.11 bits per heavy atom. The third kappa shape index (κ3) is 6.49. The van der Waals surface area contributed by atoms with E-state index in [1.807, 2.05) is 0 Å². The number of primary amides is 1. The van der Waals surface area contributed by atoms with Crippen LogP contribution in [0.5, 0.6) is 0 Å². The Bertz CT molecular complexity index is 604. The predicted molar refractivity (Wildman–Crippen MR) is 115 cm³/mol. The molecule has 0 aliphatic heterocycles. The molecule has 0 bridgehead atoms. The first-order valence-corrected chi connectivity index (χ1v) is 10.2. The molecule has 156 valence electrons. The van der Waals surface area contributed by atoms with E-state index < -0.39 is 34.3 Å². The SMILES string of the molecule is CC(C)C(=O)N[C@](C)(CS)C(=O)N[C@@](C)(CS)C(=O)N[C@@](C)(CS)C(N)=O. The normalized spacial score (nSPS) is 17.8. The van der Waals surface area contributed by atoms with E-state index in [-0.39, 0.29) is 29.1 Å². The third-order valence-electron chi connectivity index (χ3n) is 4.20. The summed E-state index contributed by atoms with van der Waals surface area (Å²) in [4.78, 5) is 49.2. The van der Waals surface area contributed by atoms with Gasteiger partial charge in [0.25, 0.3) is 0 Å². The standard InChI is InChI=1S/C16H30N4O4S3/c1-9(2)10(21)18-15(4,7-26)12(23)20-16(5,8-27)13(24)19-14(3,6-25)11(17)22/h9,25-27H,6-8H2,1-5H3,(H2,17,22)(H,18,21)(H,19,24)(H,20,23)/t14-,15+,16-/m0/s1. The Hall–Kier alpha value is -1.07. The molecule has 3 atom stereocenters. The van der Waals surface area contributed by atoms with E-state index in [4.69, 9.17) is 5.73 Å². The fraction of sp³-hybridized carbons (Fsp3) is 0.750. The van der Waals surface area contributed by atoms with Crippen LogP contribution in [0.1, 0.15) is 34.6 Å². The number of rotatable bonds is 10. The monoisotopic (exact) mass is 438 g/mol. The van der Waals surface area contributed by atoms with Crippen molar-refractivity contribution in [3.63, 3.8) is 0 Å². The van der Waals surface area contributed by atoms with E-state index in [9.17, 15) is 19.2 Å². The second kappa shape index (κ2) is 9.92. The van der Waals surface area contributed by atoms with Gasteiger partial charge in [0.05, 0.1) is 0 Å². The second-order valence-electron chi connectivity index (χ2n) is 7.39. The van der Waals surface area contributed by atoms with Crippen LogP contribution >= 0.6 is 37.9 Å². The molecule has 4 amide bonds. The lowest BCUT2D eigenvalue weighted by molar-refractivity contribution is -0.139. The van der Waals surface area contributed by atoms with E-state index in [2.05, 4.69) is 53.8 Å². The molecule has 0 aliphatic carbocycles. The van der Waals surface area contributed by atoms with Gasteiger partial charge in [0.2, 0.25) is 23.6 Å². The van der Waals surface area contributed by atoms with Crippen LogP contribution in [0.3, 0.4) is 0 Å². The fourth-order valence-electron chi connectivity index (χ4n) is 1.71. The Morgan fingerprint density at radius 1 is 0.778 bits per heavy atom. The van der Waals surface area contributed by atoms with E-state index in [0.29, 0.717) is 0 Å². The van der Waals surface area contributed by atoms with Crippen LogP contribution in [0.2, 0.25) is 0 Å². The predicted octanol–water partition coefficient (Wildman–Crippen LogP) is -0.458. The molecule has 0 heterocycles. The maximum absolute atomic E-state index is 12.8. The van der Waals surface area contributed by atoms with Crippen LogP contribution in [-0.2, 0) is 19.2 Å². The van der Waals surface area contributed by atoms with Crippen LogP contribution in [0.15, 0.2) is 0 Å². The number of nitrogens with one attached hydrogen (secondary N) is 3. The molecule has 0 saturated carbocycles. The highest BCUT2D eigenvalue weighted by molar-refractivity contribution is 7.80. The van der Waals surface area contributed by atoms with E-state index >= 15 is 0 Å². The van der Waals surface area contributed by atoms with Gasteiger partial charge in [0.15, 0.2) is 0 Å². The first kappa shape index (κ1) is 25.9. The number of carbonyl (C=O) groups excluding carboxylic acids is 4. The highest BCUT2D eigenvalue weighted by Gasteiger charge is 2.43. The number of hydrogen-bond acceptors (Lipinski definition) is 7. The van der Waals surface area contributed by atoms with Crippen LogP contribution in [-0.4, -0.2) is 57.5 Å². The fourth-order valence-corrected chi connectivity index (χ4v) is 2.39. The lowest BCUT2D eigenvalue weighted by Crippen LogP contribution is -2.69. The Morgan fingerprint density at radius 3 is 1.41 bits per heavy atom. The van der Waals surface area contributed by atoms with Crippen molar-refractivity contribution in [3.8, 4) is 0 Å². The summed E-state index contributed by atoms with van der Waals surface area (Å²) in [5.74, 6) is -2.75. The van der Waals surface area contributed by atoms with Gasteiger partial charge in [-0.15, -0.1) is 0 Å². The second-order valence-corrected chi connectivity index (χ2v) is 8.34.